The number of likely N-dealkylation sites (tertiary alicyclic amines) is 1. The Morgan fingerprint density at radius 1 is 1.19 bits per heavy atom. The fraction of sp³-hybridized carbons (Fsp3) is 0.560. The number of carbonyl (C=O) groups is 1. The number of aryl methyl sites for hydroxylation is 2. The van der Waals surface area contributed by atoms with Gasteiger partial charge in [-0.3, -0.25) is 4.79 Å². The molecule has 4 rings (SSSR count). The summed E-state index contributed by atoms with van der Waals surface area (Å²) < 4.78 is 6.01. The van der Waals surface area contributed by atoms with Crippen molar-refractivity contribution in [3.8, 4) is 5.75 Å². The molecule has 1 aromatic carbocycles. The van der Waals surface area contributed by atoms with Gasteiger partial charge in [-0.25, -0.2) is 9.97 Å². The van der Waals surface area contributed by atoms with Gasteiger partial charge in [-0.05, 0) is 45.4 Å². The van der Waals surface area contributed by atoms with Gasteiger partial charge in [0, 0.05) is 51.0 Å². The van der Waals surface area contributed by atoms with E-state index in [1.165, 1.54) is 16.8 Å². The van der Waals surface area contributed by atoms with Gasteiger partial charge >= 0.3 is 0 Å². The molecule has 1 aromatic heterocycles. The number of carbonyl (C=O) groups excluding carboxylic acids is 1. The highest BCUT2D eigenvalue weighted by atomic mass is 16.5. The molecule has 0 unspecified atom stereocenters. The minimum atomic E-state index is 0.156. The van der Waals surface area contributed by atoms with Crippen LogP contribution in [0.15, 0.2) is 18.2 Å². The summed E-state index contributed by atoms with van der Waals surface area (Å²) >= 11 is 0. The second-order valence-corrected chi connectivity index (χ2v) is 9.17. The van der Waals surface area contributed by atoms with E-state index in [9.17, 15) is 4.79 Å². The van der Waals surface area contributed by atoms with Crippen molar-refractivity contribution in [2.45, 2.75) is 52.5 Å². The fourth-order valence-electron chi connectivity index (χ4n) is 4.64. The molecule has 0 saturated carbocycles. The minimum Gasteiger partial charge on any atom is -0.491 e. The van der Waals surface area contributed by atoms with Crippen LogP contribution in [0.3, 0.4) is 0 Å². The zero-order valence-corrected chi connectivity index (χ0v) is 19.8. The lowest BCUT2D eigenvalue weighted by Crippen LogP contribution is -2.37. The number of rotatable bonds is 6. The molecule has 2 aliphatic heterocycles. The van der Waals surface area contributed by atoms with Crippen LogP contribution in [0.2, 0.25) is 0 Å². The molecule has 1 N–H and O–H groups in total. The zero-order chi connectivity index (χ0) is 22.7. The largest absolute Gasteiger partial charge is 0.491 e. The van der Waals surface area contributed by atoms with Crippen LogP contribution in [0.4, 0.5) is 5.82 Å². The van der Waals surface area contributed by atoms with Crippen molar-refractivity contribution in [1.82, 2.24) is 19.8 Å². The van der Waals surface area contributed by atoms with Gasteiger partial charge in [-0.15, -0.1) is 0 Å². The topological polar surface area (TPSA) is 70.6 Å². The third-order valence-corrected chi connectivity index (χ3v) is 6.56. The number of aromatic nitrogens is 2. The lowest BCUT2D eigenvalue weighted by Gasteiger charge is -2.32. The highest BCUT2D eigenvalue weighted by Gasteiger charge is 2.27. The second-order valence-electron chi connectivity index (χ2n) is 9.17. The fourth-order valence-corrected chi connectivity index (χ4v) is 4.64. The molecule has 172 valence electrons. The molecule has 1 saturated heterocycles. The maximum absolute atomic E-state index is 11.7. The summed E-state index contributed by atoms with van der Waals surface area (Å²) in [6.45, 7) is 10.5. The number of nitrogens with one attached hydrogen (secondary N) is 1. The summed E-state index contributed by atoms with van der Waals surface area (Å²) in [5.74, 6) is 3.26. The summed E-state index contributed by atoms with van der Waals surface area (Å²) in [6.07, 6.45) is 2.79. The zero-order valence-electron chi connectivity index (χ0n) is 19.8. The molecule has 0 bridgehead atoms. The number of fused-ring (bicyclic) bond motifs is 1. The number of hydrogen-bond donors (Lipinski definition) is 1. The molecular weight excluding hydrogens is 402 g/mol. The highest BCUT2D eigenvalue weighted by Crippen LogP contribution is 2.30. The normalized spacial score (nSPS) is 17.2. The highest BCUT2D eigenvalue weighted by molar-refractivity contribution is 5.73. The number of nitrogens with zero attached hydrogens (tertiary/aromatic N) is 4. The van der Waals surface area contributed by atoms with E-state index in [4.69, 9.17) is 14.7 Å². The van der Waals surface area contributed by atoms with Crippen LogP contribution in [0.25, 0.3) is 0 Å². The van der Waals surface area contributed by atoms with Crippen LogP contribution in [0, 0.1) is 13.8 Å². The molecule has 0 aliphatic carbocycles. The SMILES string of the molecule is CC(=O)N1CCC(c2nc3c(c(NCCOc4ccc(C)cc4C)n2)CN(C)CC3)CC1. The van der Waals surface area contributed by atoms with Gasteiger partial charge in [0.2, 0.25) is 5.91 Å². The molecule has 3 heterocycles. The predicted octanol–water partition coefficient (Wildman–Crippen LogP) is 3.30. The molecule has 2 aromatic rings. The van der Waals surface area contributed by atoms with Gasteiger partial charge < -0.3 is 19.9 Å². The van der Waals surface area contributed by atoms with Gasteiger partial charge in [0.05, 0.1) is 12.2 Å². The summed E-state index contributed by atoms with van der Waals surface area (Å²) in [6, 6.07) is 6.26. The molecule has 1 amide bonds. The average Bonchev–Trinajstić information content (AvgIpc) is 2.78. The Balaban J connectivity index is 1.45. The number of benzene rings is 1. The van der Waals surface area contributed by atoms with E-state index in [1.807, 2.05) is 11.0 Å². The maximum atomic E-state index is 11.7. The van der Waals surface area contributed by atoms with Crippen LogP contribution >= 0.6 is 0 Å². The Labute approximate surface area is 191 Å². The van der Waals surface area contributed by atoms with E-state index in [-0.39, 0.29) is 5.91 Å². The minimum absolute atomic E-state index is 0.156. The maximum Gasteiger partial charge on any atom is 0.219 e. The Morgan fingerprint density at radius 2 is 1.97 bits per heavy atom. The summed E-state index contributed by atoms with van der Waals surface area (Å²) in [5.41, 5.74) is 4.77. The van der Waals surface area contributed by atoms with Crippen molar-refractivity contribution < 1.29 is 9.53 Å². The van der Waals surface area contributed by atoms with Crippen LogP contribution < -0.4 is 10.1 Å². The molecule has 7 nitrogen and oxygen atoms in total. The van der Waals surface area contributed by atoms with Crippen LogP contribution in [-0.2, 0) is 17.8 Å². The first kappa shape index (κ1) is 22.5. The Hall–Kier alpha value is -2.67. The van der Waals surface area contributed by atoms with Gasteiger partial charge in [-0.2, -0.15) is 0 Å². The number of likely N-dealkylation sites (N-methyl/N-ethyl adjacent to an activating group) is 1. The van der Waals surface area contributed by atoms with E-state index < -0.39 is 0 Å². The Bertz CT molecular complexity index is 969. The summed E-state index contributed by atoms with van der Waals surface area (Å²) in [5, 5.41) is 3.53. The van der Waals surface area contributed by atoms with Gasteiger partial charge in [0.1, 0.15) is 24.0 Å². The molecule has 0 radical (unpaired) electrons. The van der Waals surface area contributed by atoms with E-state index >= 15 is 0 Å². The first-order valence-electron chi connectivity index (χ1n) is 11.7. The molecular formula is C25H35N5O2. The number of anilines is 1. The molecule has 0 atom stereocenters. The van der Waals surface area contributed by atoms with Gasteiger partial charge in [-0.1, -0.05) is 17.7 Å². The summed E-state index contributed by atoms with van der Waals surface area (Å²) in [7, 11) is 2.14. The number of ether oxygens (including phenoxy) is 1. The standard InChI is InChI=1S/C25H35N5O2/c1-17-5-6-23(18(2)15-17)32-14-10-26-25-21-16-29(4)11-9-22(21)27-24(28-25)20-7-12-30(13-8-20)19(3)31/h5-6,15,20H,7-14,16H2,1-4H3,(H,26,27,28). The summed E-state index contributed by atoms with van der Waals surface area (Å²) in [4.78, 5) is 25.9. The molecule has 2 aliphatic rings. The number of amides is 1. The van der Waals surface area contributed by atoms with E-state index in [1.54, 1.807) is 6.92 Å². The van der Waals surface area contributed by atoms with Crippen molar-refractivity contribution in [2.24, 2.45) is 0 Å². The smallest absolute Gasteiger partial charge is 0.219 e. The first-order valence-corrected chi connectivity index (χ1v) is 11.7. The van der Waals surface area contributed by atoms with Crippen molar-refractivity contribution in [3.63, 3.8) is 0 Å². The van der Waals surface area contributed by atoms with Crippen LogP contribution in [0.5, 0.6) is 5.75 Å². The second kappa shape index (κ2) is 9.86. The van der Waals surface area contributed by atoms with Crippen LogP contribution in [0.1, 0.15) is 53.9 Å². The van der Waals surface area contributed by atoms with E-state index in [2.05, 4.69) is 43.2 Å². The Morgan fingerprint density at radius 3 is 2.69 bits per heavy atom. The molecule has 1 fully saturated rings. The quantitative estimate of drug-likeness (QED) is 0.700. The van der Waals surface area contributed by atoms with Crippen molar-refractivity contribution in [2.75, 3.05) is 45.2 Å². The Kier molecular flexibility index (Phi) is 6.94. The molecule has 32 heavy (non-hydrogen) atoms. The van der Waals surface area contributed by atoms with Crippen molar-refractivity contribution in [1.29, 1.82) is 0 Å². The third kappa shape index (κ3) is 5.21. The predicted molar refractivity (Wildman–Crippen MR) is 126 cm³/mol. The van der Waals surface area contributed by atoms with Gasteiger partial charge in [0.25, 0.3) is 0 Å². The number of piperidine rings is 1. The lowest BCUT2D eigenvalue weighted by atomic mass is 9.95. The van der Waals surface area contributed by atoms with Crippen LogP contribution in [-0.4, -0.2) is 65.5 Å². The lowest BCUT2D eigenvalue weighted by molar-refractivity contribution is -0.129. The first-order chi connectivity index (χ1) is 15.4. The average molecular weight is 438 g/mol. The molecule has 0 spiro atoms. The van der Waals surface area contributed by atoms with Crippen molar-refractivity contribution in [3.05, 3.63) is 46.4 Å². The van der Waals surface area contributed by atoms with Crippen molar-refractivity contribution >= 4 is 11.7 Å². The monoisotopic (exact) mass is 437 g/mol. The van der Waals surface area contributed by atoms with Gasteiger partial charge in [0.15, 0.2) is 0 Å². The molecule has 7 heteroatoms. The third-order valence-electron chi connectivity index (χ3n) is 6.56. The van der Waals surface area contributed by atoms with E-state index in [0.717, 1.165) is 68.4 Å². The number of hydrogen-bond acceptors (Lipinski definition) is 6. The van der Waals surface area contributed by atoms with E-state index in [0.29, 0.717) is 19.1 Å².